The van der Waals surface area contributed by atoms with Gasteiger partial charge in [0.1, 0.15) is 11.5 Å². The molecule has 0 aliphatic carbocycles. The minimum absolute atomic E-state index is 0.0287. The number of hydrogen-bond donors (Lipinski definition) is 6. The molecule has 0 heterocycles. The van der Waals surface area contributed by atoms with Crippen LogP contribution in [0.4, 0.5) is 0 Å². The van der Waals surface area contributed by atoms with E-state index in [1.165, 1.54) is 11.1 Å². The highest BCUT2D eigenvalue weighted by Gasteiger charge is 2.33. The first kappa shape index (κ1) is 42.6. The van der Waals surface area contributed by atoms with E-state index < -0.39 is 49.0 Å². The van der Waals surface area contributed by atoms with Gasteiger partial charge in [0.2, 0.25) is 0 Å². The molecule has 0 aliphatic heterocycles. The molecule has 11 heteroatoms. The van der Waals surface area contributed by atoms with Gasteiger partial charge in [-0.1, -0.05) is 107 Å². The molecule has 2 aromatic carbocycles. The Balaban J connectivity index is 0.00000102. The van der Waals surface area contributed by atoms with Crippen LogP contribution in [0.1, 0.15) is 116 Å². The molecular weight excluding hydrogens is 626 g/mol. The Labute approximate surface area is 280 Å². The number of aliphatic hydroxyl groups is 4. The molecule has 9 nitrogen and oxygen atoms in total. The lowest BCUT2D eigenvalue weighted by Gasteiger charge is -2.31. The number of aliphatic hydroxyl groups excluding tert-OH is 4. The van der Waals surface area contributed by atoms with Crippen molar-refractivity contribution >= 4 is 17.2 Å². The predicted molar refractivity (Wildman–Crippen MR) is 189 cm³/mol. The van der Waals surface area contributed by atoms with Crippen LogP contribution >= 0.6 is 17.2 Å². The highest BCUT2D eigenvalue weighted by Crippen LogP contribution is 2.55. The lowest BCUT2D eigenvalue weighted by Crippen LogP contribution is -2.37. The summed E-state index contributed by atoms with van der Waals surface area (Å²) in [4.78, 5) is 19.7. The van der Waals surface area contributed by atoms with Gasteiger partial charge in [-0.2, -0.15) is 0 Å². The van der Waals surface area contributed by atoms with Crippen molar-refractivity contribution in [3.8, 4) is 11.5 Å². The Hall–Kier alpha value is -1.38. The first-order valence-corrected chi connectivity index (χ1v) is 17.8. The first-order valence-electron chi connectivity index (χ1n) is 15.5. The van der Waals surface area contributed by atoms with E-state index in [0.717, 1.165) is 22.3 Å². The Morgan fingerprint density at radius 3 is 1.02 bits per heavy atom. The zero-order chi connectivity index (χ0) is 36.1. The Kier molecular flexibility index (Phi) is 15.2. The van der Waals surface area contributed by atoms with E-state index in [0.29, 0.717) is 11.5 Å². The van der Waals surface area contributed by atoms with Crippen LogP contribution in [0.3, 0.4) is 0 Å². The van der Waals surface area contributed by atoms with Gasteiger partial charge < -0.3 is 39.3 Å². The minimum Gasteiger partial charge on any atom is -0.417 e. The van der Waals surface area contributed by atoms with E-state index in [-0.39, 0.29) is 21.7 Å². The zero-order valence-electron chi connectivity index (χ0n) is 30.4. The highest BCUT2D eigenvalue weighted by molar-refractivity contribution is 7.55. The summed E-state index contributed by atoms with van der Waals surface area (Å²) in [5.74, 6) is 1.31. The molecule has 2 aromatic rings. The lowest BCUT2D eigenvalue weighted by molar-refractivity contribution is -0.0328. The van der Waals surface area contributed by atoms with Crippen molar-refractivity contribution in [1.29, 1.82) is 0 Å². The maximum Gasteiger partial charge on any atom is 0.470 e. The fourth-order valence-corrected chi connectivity index (χ4v) is 5.89. The normalized spacial score (nSPS) is 13.2. The average Bonchev–Trinajstić information content (AvgIpc) is 2.89. The average molecular weight is 687 g/mol. The quantitative estimate of drug-likeness (QED) is 0.141. The van der Waals surface area contributed by atoms with Crippen LogP contribution in [0.5, 0.6) is 11.5 Å². The second kappa shape index (κ2) is 16.3. The van der Waals surface area contributed by atoms with Gasteiger partial charge in [0.15, 0.2) is 0 Å². The summed E-state index contributed by atoms with van der Waals surface area (Å²) in [6.07, 6.45) is 0. The summed E-state index contributed by atoms with van der Waals surface area (Å²) in [5, 5.41) is 34.0. The van der Waals surface area contributed by atoms with Crippen molar-refractivity contribution < 1.29 is 43.6 Å². The maximum atomic E-state index is 9.83. The highest BCUT2D eigenvalue weighted by atomic mass is 31.2. The number of hydrogen-bond acceptors (Lipinski definition) is 9. The number of rotatable bonds is 10. The third-order valence-corrected chi connectivity index (χ3v) is 9.49. The predicted octanol–water partition coefficient (Wildman–Crippen LogP) is 7.35. The Morgan fingerprint density at radius 2 is 0.826 bits per heavy atom. The van der Waals surface area contributed by atoms with Gasteiger partial charge in [-0.3, -0.25) is 0 Å². The summed E-state index contributed by atoms with van der Waals surface area (Å²) in [7, 11) is -4.86. The molecule has 0 aliphatic rings. The zero-order valence-corrected chi connectivity index (χ0v) is 32.2. The monoisotopic (exact) mass is 686 g/mol. The fraction of sp³-hybridized carbons (Fsp3) is 0.657. The topological polar surface area (TPSA) is 149 Å². The van der Waals surface area contributed by atoms with E-state index >= 15 is 0 Å². The molecule has 0 saturated carbocycles. The van der Waals surface area contributed by atoms with Crippen LogP contribution in [0.25, 0.3) is 0 Å². The smallest absolute Gasteiger partial charge is 0.417 e. The molecule has 2 rings (SSSR count). The third kappa shape index (κ3) is 11.9. The standard InChI is InChI=1S/C30H48O5P2.C5H12O4/c1-19-15-21(27(3,4)5)17-23(29(9,10)11)25(19)33-37(35-36(31)32)34-26-20(2)16-22(28(6,7)8)18-24(26)30(12,13)14;6-1-5(2-7,3-8)4-9/h15-18,31-32H,1-14H3;6-9H,1-4H2. The largest absolute Gasteiger partial charge is 0.470 e. The Bertz CT molecular complexity index is 1160. The van der Waals surface area contributed by atoms with Crippen molar-refractivity contribution in [2.45, 2.75) is 119 Å². The van der Waals surface area contributed by atoms with Crippen molar-refractivity contribution in [3.05, 3.63) is 57.6 Å². The van der Waals surface area contributed by atoms with E-state index in [4.69, 9.17) is 33.8 Å². The number of benzene rings is 2. The van der Waals surface area contributed by atoms with E-state index in [1.54, 1.807) is 0 Å². The van der Waals surface area contributed by atoms with Gasteiger partial charge in [0.05, 0.1) is 31.8 Å². The van der Waals surface area contributed by atoms with Gasteiger partial charge in [0.25, 0.3) is 0 Å². The molecule has 0 radical (unpaired) electrons. The van der Waals surface area contributed by atoms with Gasteiger partial charge in [0, 0.05) is 11.1 Å². The van der Waals surface area contributed by atoms with Crippen LogP contribution in [0.2, 0.25) is 0 Å². The van der Waals surface area contributed by atoms with Crippen LogP contribution in [0, 0.1) is 19.3 Å². The van der Waals surface area contributed by atoms with Crippen molar-refractivity contribution in [2.75, 3.05) is 26.4 Å². The molecule has 0 atom stereocenters. The molecule has 0 aromatic heterocycles. The molecule has 0 unspecified atom stereocenters. The summed E-state index contributed by atoms with van der Waals surface area (Å²) in [6, 6.07) is 8.62. The molecule has 46 heavy (non-hydrogen) atoms. The van der Waals surface area contributed by atoms with Crippen LogP contribution < -0.4 is 9.05 Å². The summed E-state index contributed by atoms with van der Waals surface area (Å²) in [5.41, 5.74) is 4.77. The van der Waals surface area contributed by atoms with Gasteiger partial charge in [-0.05, 0) is 57.8 Å². The molecule has 0 fully saturated rings. The van der Waals surface area contributed by atoms with Crippen molar-refractivity contribution in [3.63, 3.8) is 0 Å². The molecule has 6 N–H and O–H groups in total. The minimum atomic E-state index is -2.70. The van der Waals surface area contributed by atoms with Gasteiger partial charge in [-0.25, -0.2) is 4.31 Å². The van der Waals surface area contributed by atoms with E-state index in [1.807, 2.05) is 13.8 Å². The van der Waals surface area contributed by atoms with Gasteiger partial charge in [-0.15, -0.1) is 0 Å². The van der Waals surface area contributed by atoms with Crippen molar-refractivity contribution in [1.82, 2.24) is 0 Å². The van der Waals surface area contributed by atoms with Crippen molar-refractivity contribution in [2.24, 2.45) is 5.41 Å². The molecule has 0 bridgehead atoms. The summed E-state index contributed by atoms with van der Waals surface area (Å²) >= 11 is 0. The summed E-state index contributed by atoms with van der Waals surface area (Å²) < 4.78 is 18.3. The van der Waals surface area contributed by atoms with Crippen LogP contribution in [0.15, 0.2) is 24.3 Å². The fourth-order valence-electron chi connectivity index (χ4n) is 4.33. The third-order valence-electron chi connectivity index (χ3n) is 7.71. The SMILES string of the molecule is Cc1cc(C(C)(C)C)cc(C(C)(C)C)c1OP(Oc1c(C)cc(C(C)(C)C)cc1C(C)(C)C)OP(O)O.OCC(CO)(CO)CO. The first-order chi connectivity index (χ1) is 20.8. The van der Waals surface area contributed by atoms with E-state index in [2.05, 4.69) is 107 Å². The number of aryl methyl sites for hydroxylation is 2. The second-order valence-corrected chi connectivity index (χ2v) is 18.2. The van der Waals surface area contributed by atoms with Gasteiger partial charge >= 0.3 is 17.2 Å². The van der Waals surface area contributed by atoms with Crippen LogP contribution in [-0.2, 0) is 26.0 Å². The maximum absolute atomic E-state index is 9.83. The molecule has 0 spiro atoms. The van der Waals surface area contributed by atoms with Crippen LogP contribution in [-0.4, -0.2) is 56.6 Å². The van der Waals surface area contributed by atoms with E-state index in [9.17, 15) is 9.79 Å². The lowest BCUT2D eigenvalue weighted by atomic mass is 9.79. The molecule has 264 valence electrons. The molecule has 0 amide bonds. The second-order valence-electron chi connectivity index (χ2n) is 16.2. The Morgan fingerprint density at radius 1 is 0.522 bits per heavy atom. The molecular formula is C35H60O9P2. The summed E-state index contributed by atoms with van der Waals surface area (Å²) in [6.45, 7) is 28.4. The molecule has 0 saturated heterocycles.